The van der Waals surface area contributed by atoms with Crippen molar-refractivity contribution in [3.8, 4) is 11.3 Å². The van der Waals surface area contributed by atoms with E-state index in [4.69, 9.17) is 21.3 Å². The first-order valence-electron chi connectivity index (χ1n) is 11.8. The van der Waals surface area contributed by atoms with Crippen LogP contribution in [0.5, 0.6) is 0 Å². The second kappa shape index (κ2) is 10.2. The normalized spacial score (nSPS) is 12.9. The number of aromatic nitrogens is 1. The molecule has 0 atom stereocenters. The predicted molar refractivity (Wildman–Crippen MR) is 142 cm³/mol. The Morgan fingerprint density at radius 2 is 1.86 bits per heavy atom. The molecule has 0 saturated carbocycles. The molecule has 2 aromatic heterocycles. The number of carbonyl (C=O) groups is 2. The van der Waals surface area contributed by atoms with E-state index in [9.17, 15) is 9.59 Å². The highest BCUT2D eigenvalue weighted by molar-refractivity contribution is 7.17. The summed E-state index contributed by atoms with van der Waals surface area (Å²) in [4.78, 5) is 32.6. The van der Waals surface area contributed by atoms with Crippen LogP contribution in [0.4, 0.5) is 5.00 Å². The highest BCUT2D eigenvalue weighted by atomic mass is 35.5. The number of benzene rings is 2. The Balaban J connectivity index is 1.57. The summed E-state index contributed by atoms with van der Waals surface area (Å²) < 4.78 is 5.48. The van der Waals surface area contributed by atoms with Crippen LogP contribution in [-0.2, 0) is 17.6 Å². The van der Waals surface area contributed by atoms with Gasteiger partial charge in [0, 0.05) is 20.8 Å². The van der Waals surface area contributed by atoms with Gasteiger partial charge in [-0.05, 0) is 55.9 Å². The van der Waals surface area contributed by atoms with Crippen LogP contribution in [0, 0.1) is 0 Å². The second-order valence-electron chi connectivity index (χ2n) is 8.56. The SMILES string of the molecule is CCCOC(=O)c1c(NC(=O)c2cc(-c3ccccc3Cl)nc3ccccc23)sc2c1CCCC2. The molecule has 4 aromatic rings. The summed E-state index contributed by atoms with van der Waals surface area (Å²) in [5, 5.41) is 4.90. The van der Waals surface area contributed by atoms with E-state index in [0.29, 0.717) is 39.0 Å². The molecule has 1 aliphatic rings. The number of hydrogen-bond acceptors (Lipinski definition) is 5. The molecule has 0 saturated heterocycles. The molecule has 178 valence electrons. The molecule has 0 fully saturated rings. The molecule has 1 amide bonds. The summed E-state index contributed by atoms with van der Waals surface area (Å²) in [6, 6.07) is 16.7. The zero-order chi connectivity index (χ0) is 24.4. The van der Waals surface area contributed by atoms with E-state index in [0.717, 1.165) is 53.5 Å². The van der Waals surface area contributed by atoms with Gasteiger partial charge in [0.1, 0.15) is 5.00 Å². The summed E-state index contributed by atoms with van der Waals surface area (Å²) in [6.45, 7) is 2.32. The van der Waals surface area contributed by atoms with Crippen LogP contribution in [0.25, 0.3) is 22.2 Å². The lowest BCUT2D eigenvalue weighted by molar-refractivity contribution is 0.0505. The van der Waals surface area contributed by atoms with Gasteiger partial charge in [0.15, 0.2) is 0 Å². The fourth-order valence-electron chi connectivity index (χ4n) is 4.48. The van der Waals surface area contributed by atoms with Gasteiger partial charge in [-0.25, -0.2) is 9.78 Å². The van der Waals surface area contributed by atoms with Crippen LogP contribution in [-0.4, -0.2) is 23.5 Å². The summed E-state index contributed by atoms with van der Waals surface area (Å²) in [5.41, 5.74) is 4.08. The van der Waals surface area contributed by atoms with Crippen molar-refractivity contribution in [1.29, 1.82) is 0 Å². The number of para-hydroxylation sites is 1. The van der Waals surface area contributed by atoms with Gasteiger partial charge in [0.25, 0.3) is 5.91 Å². The average molecular weight is 505 g/mol. The van der Waals surface area contributed by atoms with Crippen LogP contribution in [0.2, 0.25) is 5.02 Å². The molecule has 0 radical (unpaired) electrons. The second-order valence-corrected chi connectivity index (χ2v) is 10.1. The van der Waals surface area contributed by atoms with Crippen LogP contribution in [0.15, 0.2) is 54.6 Å². The van der Waals surface area contributed by atoms with E-state index in [-0.39, 0.29) is 11.9 Å². The van der Waals surface area contributed by atoms with Crippen molar-refractivity contribution < 1.29 is 14.3 Å². The molecule has 5 nitrogen and oxygen atoms in total. The van der Waals surface area contributed by atoms with Crippen LogP contribution in [0.1, 0.15) is 57.3 Å². The average Bonchev–Trinajstić information content (AvgIpc) is 3.24. The van der Waals surface area contributed by atoms with Gasteiger partial charge < -0.3 is 10.1 Å². The number of esters is 1. The molecular weight excluding hydrogens is 480 g/mol. The molecule has 1 aliphatic carbocycles. The summed E-state index contributed by atoms with van der Waals surface area (Å²) in [7, 11) is 0. The fourth-order valence-corrected chi connectivity index (χ4v) is 5.98. The monoisotopic (exact) mass is 504 g/mol. The zero-order valence-corrected chi connectivity index (χ0v) is 21.0. The largest absolute Gasteiger partial charge is 0.462 e. The van der Waals surface area contributed by atoms with Gasteiger partial charge in [-0.15, -0.1) is 11.3 Å². The number of hydrogen-bond donors (Lipinski definition) is 1. The minimum absolute atomic E-state index is 0.292. The lowest BCUT2D eigenvalue weighted by Crippen LogP contribution is -2.16. The first-order chi connectivity index (χ1) is 17.1. The van der Waals surface area contributed by atoms with Crippen molar-refractivity contribution in [2.24, 2.45) is 0 Å². The standard InChI is InChI=1S/C28H25ClN2O3S/c1-2-15-34-28(33)25-19-11-5-8-14-24(19)35-27(25)31-26(32)20-16-23(18-10-3-6-12-21(18)29)30-22-13-7-4-9-17(20)22/h3-4,6-7,9-10,12-13,16H,2,5,8,11,14-15H2,1H3,(H,31,32). The number of rotatable bonds is 6. The van der Waals surface area contributed by atoms with Crippen LogP contribution < -0.4 is 5.32 Å². The highest BCUT2D eigenvalue weighted by Crippen LogP contribution is 2.39. The van der Waals surface area contributed by atoms with Gasteiger partial charge in [-0.3, -0.25) is 4.79 Å². The van der Waals surface area contributed by atoms with Crippen molar-refractivity contribution in [2.75, 3.05) is 11.9 Å². The maximum Gasteiger partial charge on any atom is 0.341 e. The quantitative estimate of drug-likeness (QED) is 0.279. The molecule has 2 heterocycles. The molecule has 7 heteroatoms. The number of nitrogens with zero attached hydrogens (tertiary/aromatic N) is 1. The lowest BCUT2D eigenvalue weighted by atomic mass is 9.95. The summed E-state index contributed by atoms with van der Waals surface area (Å²) in [6.07, 6.45) is 4.60. The van der Waals surface area contributed by atoms with Crippen molar-refractivity contribution in [3.05, 3.63) is 81.2 Å². The van der Waals surface area contributed by atoms with E-state index in [2.05, 4.69) is 5.32 Å². The van der Waals surface area contributed by atoms with E-state index < -0.39 is 0 Å². The molecule has 0 spiro atoms. The molecule has 5 rings (SSSR count). The molecule has 1 N–H and O–H groups in total. The topological polar surface area (TPSA) is 68.3 Å². The van der Waals surface area contributed by atoms with Crippen molar-refractivity contribution in [2.45, 2.75) is 39.0 Å². The number of carbonyl (C=O) groups excluding carboxylic acids is 2. The number of halogens is 1. The minimum atomic E-state index is -0.363. The van der Waals surface area contributed by atoms with Gasteiger partial charge in [0.05, 0.1) is 28.9 Å². The van der Waals surface area contributed by atoms with E-state index in [1.54, 1.807) is 12.1 Å². The number of aryl methyl sites for hydroxylation is 1. The van der Waals surface area contributed by atoms with Crippen molar-refractivity contribution in [1.82, 2.24) is 4.98 Å². The molecule has 35 heavy (non-hydrogen) atoms. The number of amides is 1. The summed E-state index contributed by atoms with van der Waals surface area (Å²) >= 11 is 7.92. The van der Waals surface area contributed by atoms with Crippen molar-refractivity contribution >= 4 is 50.7 Å². The van der Waals surface area contributed by atoms with Gasteiger partial charge in [-0.2, -0.15) is 0 Å². The summed E-state index contributed by atoms with van der Waals surface area (Å²) in [5.74, 6) is -0.655. The Labute approximate surface area is 213 Å². The fraction of sp³-hybridized carbons (Fsp3) is 0.250. The predicted octanol–water partition coefficient (Wildman–Crippen LogP) is 7.31. The van der Waals surface area contributed by atoms with Crippen LogP contribution >= 0.6 is 22.9 Å². The Morgan fingerprint density at radius 1 is 1.09 bits per heavy atom. The van der Waals surface area contributed by atoms with Gasteiger partial charge in [0.2, 0.25) is 0 Å². The highest BCUT2D eigenvalue weighted by Gasteiger charge is 2.28. The smallest absolute Gasteiger partial charge is 0.341 e. The Morgan fingerprint density at radius 3 is 2.69 bits per heavy atom. The third kappa shape index (κ3) is 4.68. The minimum Gasteiger partial charge on any atom is -0.462 e. The zero-order valence-electron chi connectivity index (χ0n) is 19.4. The Hall–Kier alpha value is -3.22. The maximum absolute atomic E-state index is 13.7. The van der Waals surface area contributed by atoms with Crippen LogP contribution in [0.3, 0.4) is 0 Å². The van der Waals surface area contributed by atoms with E-state index in [1.807, 2.05) is 49.4 Å². The molecule has 0 aliphatic heterocycles. The van der Waals surface area contributed by atoms with Gasteiger partial charge in [-0.1, -0.05) is 54.9 Å². The number of nitrogens with one attached hydrogen (secondary N) is 1. The molecule has 0 bridgehead atoms. The molecule has 0 unspecified atom stereocenters. The first kappa shape index (κ1) is 23.5. The van der Waals surface area contributed by atoms with Gasteiger partial charge >= 0.3 is 5.97 Å². The molecular formula is C28H25ClN2O3S. The lowest BCUT2D eigenvalue weighted by Gasteiger charge is -2.13. The first-order valence-corrected chi connectivity index (χ1v) is 13.0. The number of anilines is 1. The number of thiophene rings is 1. The third-order valence-electron chi connectivity index (χ3n) is 6.15. The molecule has 2 aromatic carbocycles. The number of fused-ring (bicyclic) bond motifs is 2. The number of pyridine rings is 1. The van der Waals surface area contributed by atoms with E-state index in [1.165, 1.54) is 11.3 Å². The Bertz CT molecular complexity index is 1430. The Kier molecular flexibility index (Phi) is 6.84. The van der Waals surface area contributed by atoms with E-state index >= 15 is 0 Å². The number of ether oxygens (including phenoxy) is 1. The maximum atomic E-state index is 13.7. The third-order valence-corrected chi connectivity index (χ3v) is 7.69. The van der Waals surface area contributed by atoms with Crippen molar-refractivity contribution in [3.63, 3.8) is 0 Å².